The van der Waals surface area contributed by atoms with E-state index in [4.69, 9.17) is 0 Å². The van der Waals surface area contributed by atoms with E-state index in [1.165, 1.54) is 0 Å². The van der Waals surface area contributed by atoms with Crippen molar-refractivity contribution < 1.29 is 14.3 Å². The summed E-state index contributed by atoms with van der Waals surface area (Å²) in [6.07, 6.45) is -1.65. The van der Waals surface area contributed by atoms with Gasteiger partial charge in [0.2, 0.25) is 0 Å². The zero-order valence-corrected chi connectivity index (χ0v) is 6.51. The van der Waals surface area contributed by atoms with Crippen LogP contribution in [0.1, 0.15) is 0 Å². The van der Waals surface area contributed by atoms with Crippen molar-refractivity contribution >= 4 is 17.9 Å². The number of hydrogen-bond donors (Lipinski definition) is 0. The molecule has 65 valence electrons. The van der Waals surface area contributed by atoms with Gasteiger partial charge in [0.25, 0.3) is 0 Å². The van der Waals surface area contributed by atoms with Crippen LogP contribution < -0.4 is 10.4 Å². The fourth-order valence-corrected chi connectivity index (χ4v) is 0.993. The summed E-state index contributed by atoms with van der Waals surface area (Å²) in [6, 6.07) is 8.58. The molecule has 1 heterocycles. The molecular formula is C8H5N2O3. The van der Waals surface area contributed by atoms with Crippen LogP contribution in [-0.4, -0.2) is 12.2 Å². The van der Waals surface area contributed by atoms with Crippen molar-refractivity contribution in [1.29, 1.82) is 0 Å². The molecule has 0 bridgehead atoms. The topological polar surface area (TPSA) is 60.7 Å². The number of carbonyl (C=O) groups excluding carboxylic acids is 2. The molecule has 5 nitrogen and oxygen atoms in total. The second-order valence-electron chi connectivity index (χ2n) is 2.38. The first-order chi connectivity index (χ1) is 6.27. The van der Waals surface area contributed by atoms with E-state index in [9.17, 15) is 9.59 Å². The van der Waals surface area contributed by atoms with Crippen molar-refractivity contribution in [2.24, 2.45) is 0 Å². The molecule has 5 heteroatoms. The number of carbonyl (C=O) groups is 2. The first kappa shape index (κ1) is 7.60. The molecule has 1 saturated heterocycles. The van der Waals surface area contributed by atoms with E-state index >= 15 is 0 Å². The van der Waals surface area contributed by atoms with Gasteiger partial charge in [0.05, 0.1) is 5.69 Å². The van der Waals surface area contributed by atoms with Crippen LogP contribution in [-0.2, 0) is 4.74 Å². The molecule has 0 atom stereocenters. The maximum atomic E-state index is 11.0. The molecule has 2 amide bonds. The van der Waals surface area contributed by atoms with Crippen molar-refractivity contribution in [3.8, 4) is 0 Å². The van der Waals surface area contributed by atoms with E-state index in [0.29, 0.717) is 5.69 Å². The van der Waals surface area contributed by atoms with Crippen molar-refractivity contribution in [1.82, 2.24) is 5.43 Å². The number of cyclic esters (lactones) is 2. The van der Waals surface area contributed by atoms with E-state index in [0.717, 1.165) is 5.01 Å². The zero-order chi connectivity index (χ0) is 9.26. The summed E-state index contributed by atoms with van der Waals surface area (Å²) in [4.78, 5) is 21.6. The van der Waals surface area contributed by atoms with Crippen LogP contribution in [0, 0.1) is 0 Å². The summed E-state index contributed by atoms with van der Waals surface area (Å²) in [7, 11) is 0. The van der Waals surface area contributed by atoms with Crippen molar-refractivity contribution in [2.75, 3.05) is 5.01 Å². The lowest BCUT2D eigenvalue weighted by atomic mass is 10.3. The Morgan fingerprint density at radius 1 is 1.15 bits per heavy atom. The maximum absolute atomic E-state index is 11.0. The molecule has 1 fully saturated rings. The smallest absolute Gasteiger partial charge is 0.355 e. The molecule has 2 rings (SSSR count). The van der Waals surface area contributed by atoms with Crippen molar-refractivity contribution in [3.05, 3.63) is 30.3 Å². The van der Waals surface area contributed by atoms with Gasteiger partial charge in [-0.25, -0.2) is 9.59 Å². The Morgan fingerprint density at radius 2 is 1.85 bits per heavy atom. The minimum Gasteiger partial charge on any atom is -0.355 e. The number of amides is 2. The first-order valence-corrected chi connectivity index (χ1v) is 3.60. The lowest BCUT2D eigenvalue weighted by Crippen LogP contribution is -2.28. The lowest BCUT2D eigenvalue weighted by molar-refractivity contribution is 0.175. The van der Waals surface area contributed by atoms with E-state index < -0.39 is 12.2 Å². The number of benzene rings is 1. The number of hydrogen-bond acceptors (Lipinski definition) is 3. The van der Waals surface area contributed by atoms with Crippen LogP contribution in [0.4, 0.5) is 15.3 Å². The number of rotatable bonds is 1. The third-order valence-corrected chi connectivity index (χ3v) is 1.53. The van der Waals surface area contributed by atoms with Crippen molar-refractivity contribution in [3.63, 3.8) is 0 Å². The Labute approximate surface area is 73.9 Å². The normalized spacial score (nSPS) is 15.5. The Balaban J connectivity index is 2.28. The van der Waals surface area contributed by atoms with Gasteiger partial charge in [-0.3, -0.25) is 0 Å². The van der Waals surface area contributed by atoms with Crippen LogP contribution in [0.5, 0.6) is 0 Å². The highest BCUT2D eigenvalue weighted by Crippen LogP contribution is 2.16. The summed E-state index contributed by atoms with van der Waals surface area (Å²) >= 11 is 0. The summed E-state index contributed by atoms with van der Waals surface area (Å²) < 4.78 is 4.21. The highest BCUT2D eigenvalue weighted by atomic mass is 16.6. The van der Waals surface area contributed by atoms with Gasteiger partial charge in [-0.1, -0.05) is 23.6 Å². The van der Waals surface area contributed by atoms with Gasteiger partial charge < -0.3 is 4.74 Å². The fraction of sp³-hybridized carbons (Fsp3) is 0. The highest BCUT2D eigenvalue weighted by Gasteiger charge is 2.32. The zero-order valence-electron chi connectivity index (χ0n) is 6.51. The monoisotopic (exact) mass is 177 g/mol. The number of anilines is 1. The van der Waals surface area contributed by atoms with E-state index in [-0.39, 0.29) is 0 Å². The summed E-state index contributed by atoms with van der Waals surface area (Å²) in [5.41, 5.74) is 3.87. The third-order valence-electron chi connectivity index (χ3n) is 1.53. The molecule has 1 aliphatic rings. The Kier molecular flexibility index (Phi) is 1.63. The average molecular weight is 177 g/mol. The first-order valence-electron chi connectivity index (χ1n) is 3.60. The molecule has 1 aromatic carbocycles. The quantitative estimate of drug-likeness (QED) is 0.607. The number of nitrogens with zero attached hydrogens (tertiary/aromatic N) is 2. The summed E-state index contributed by atoms with van der Waals surface area (Å²) in [5.74, 6) is 0. The molecule has 1 aromatic rings. The van der Waals surface area contributed by atoms with Gasteiger partial charge in [0.15, 0.2) is 0 Å². The van der Waals surface area contributed by atoms with E-state index in [2.05, 4.69) is 10.2 Å². The van der Waals surface area contributed by atoms with Gasteiger partial charge in [0.1, 0.15) is 0 Å². The van der Waals surface area contributed by atoms with Gasteiger partial charge >= 0.3 is 12.2 Å². The minimum atomic E-state index is -0.881. The summed E-state index contributed by atoms with van der Waals surface area (Å²) in [5, 5.41) is 0.919. The lowest BCUT2D eigenvalue weighted by Gasteiger charge is -2.07. The van der Waals surface area contributed by atoms with Crippen molar-refractivity contribution in [2.45, 2.75) is 0 Å². The largest absolute Gasteiger partial charge is 0.460 e. The van der Waals surface area contributed by atoms with Crippen LogP contribution in [0.25, 0.3) is 0 Å². The molecule has 0 N–H and O–H groups in total. The Morgan fingerprint density at radius 3 is 2.38 bits per heavy atom. The average Bonchev–Trinajstić information content (AvgIpc) is 2.47. The van der Waals surface area contributed by atoms with Gasteiger partial charge in [0, 0.05) is 0 Å². The molecular weight excluding hydrogens is 172 g/mol. The molecule has 0 aromatic heterocycles. The Bertz CT molecular complexity index is 350. The van der Waals surface area contributed by atoms with Gasteiger partial charge in [-0.15, -0.1) is 0 Å². The van der Waals surface area contributed by atoms with Gasteiger partial charge in [-0.2, -0.15) is 5.01 Å². The molecule has 0 spiro atoms. The van der Waals surface area contributed by atoms with Crippen LogP contribution >= 0.6 is 0 Å². The highest BCUT2D eigenvalue weighted by molar-refractivity contribution is 6.01. The molecule has 0 saturated carbocycles. The predicted molar refractivity (Wildman–Crippen MR) is 42.9 cm³/mol. The molecule has 0 unspecified atom stereocenters. The van der Waals surface area contributed by atoms with Gasteiger partial charge in [-0.05, 0) is 12.1 Å². The Hall–Kier alpha value is -2.04. The van der Waals surface area contributed by atoms with E-state index in [1.54, 1.807) is 30.3 Å². The fourth-order valence-electron chi connectivity index (χ4n) is 0.993. The number of para-hydroxylation sites is 1. The predicted octanol–water partition coefficient (Wildman–Crippen LogP) is 1.28. The van der Waals surface area contributed by atoms with Crippen LogP contribution in [0.15, 0.2) is 30.3 Å². The molecule has 0 aliphatic carbocycles. The second kappa shape index (κ2) is 2.78. The molecule has 1 radical (unpaired) electrons. The summed E-state index contributed by atoms with van der Waals surface area (Å²) in [6.45, 7) is 0. The molecule has 1 aliphatic heterocycles. The molecule has 13 heavy (non-hydrogen) atoms. The van der Waals surface area contributed by atoms with Crippen LogP contribution in [0.2, 0.25) is 0 Å². The van der Waals surface area contributed by atoms with E-state index in [1.807, 2.05) is 0 Å². The second-order valence-corrected chi connectivity index (χ2v) is 2.38. The number of ether oxygens (including phenoxy) is 1. The van der Waals surface area contributed by atoms with Crippen LogP contribution in [0.3, 0.4) is 0 Å². The SMILES string of the molecule is O=C1[N]N(c2ccccc2)C(=O)O1. The third kappa shape index (κ3) is 1.31. The maximum Gasteiger partial charge on any atom is 0.460 e. The minimum absolute atomic E-state index is 0.512. The standard InChI is InChI=1S/C8H5N2O3/c11-7-9-10(8(12)13-7)6-4-2-1-3-5-6/h1-5H.